The van der Waals surface area contributed by atoms with E-state index in [0.717, 1.165) is 5.57 Å². The molecule has 2 rings (SSSR count). The Balaban J connectivity index is 2.24. The van der Waals surface area contributed by atoms with Gasteiger partial charge in [-0.05, 0) is 6.92 Å². The van der Waals surface area contributed by atoms with E-state index in [4.69, 9.17) is 19.9 Å². The maximum atomic E-state index is 9.62. The second-order valence-electron chi connectivity index (χ2n) is 5.20. The molecular weight excluding hydrogens is 274 g/mol. The van der Waals surface area contributed by atoms with Crippen LogP contribution in [0, 0.1) is 5.92 Å². The van der Waals surface area contributed by atoms with Crippen LogP contribution in [0.5, 0.6) is 0 Å². The number of methoxy groups -OCH3 is 2. The minimum absolute atomic E-state index is 0.0442. The number of hydrogen-bond acceptors (Lipinski definition) is 7. The predicted octanol–water partition coefficient (Wildman–Crippen LogP) is 0.0290. The lowest BCUT2D eigenvalue weighted by Gasteiger charge is -2.33. The number of rotatable bonds is 5. The number of aliphatic hydroxyl groups is 1. The average molecular weight is 297 g/mol. The molecule has 2 unspecified atom stereocenters. The summed E-state index contributed by atoms with van der Waals surface area (Å²) in [6.07, 6.45) is 0.849. The van der Waals surface area contributed by atoms with Crippen molar-refractivity contribution in [3.63, 3.8) is 0 Å². The molecule has 0 aliphatic carbocycles. The van der Waals surface area contributed by atoms with Gasteiger partial charge in [0.15, 0.2) is 6.23 Å². The van der Waals surface area contributed by atoms with Crippen molar-refractivity contribution in [1.82, 2.24) is 4.90 Å². The Labute approximate surface area is 124 Å². The fourth-order valence-electron chi connectivity index (χ4n) is 2.70. The molecule has 0 radical (unpaired) electrons. The van der Waals surface area contributed by atoms with Crippen LogP contribution in [-0.2, 0) is 14.2 Å². The minimum atomic E-state index is -0.424. The molecule has 0 saturated carbocycles. The van der Waals surface area contributed by atoms with Crippen molar-refractivity contribution in [1.29, 1.82) is 0 Å². The number of amidine groups is 1. The number of nitrogens with zero attached hydrogens (tertiary/aromatic N) is 2. The van der Waals surface area contributed by atoms with Crippen LogP contribution in [0.2, 0.25) is 0 Å². The second kappa shape index (κ2) is 6.57. The average Bonchev–Trinajstić information content (AvgIpc) is 2.80. The van der Waals surface area contributed by atoms with E-state index < -0.39 is 6.23 Å². The van der Waals surface area contributed by atoms with Gasteiger partial charge in [-0.2, -0.15) is 0 Å². The fourth-order valence-corrected chi connectivity index (χ4v) is 2.70. The van der Waals surface area contributed by atoms with Gasteiger partial charge in [-0.1, -0.05) is 6.58 Å². The van der Waals surface area contributed by atoms with Crippen LogP contribution in [0.15, 0.2) is 29.2 Å². The van der Waals surface area contributed by atoms with E-state index in [2.05, 4.69) is 11.6 Å². The van der Waals surface area contributed by atoms with Gasteiger partial charge in [-0.3, -0.25) is 0 Å². The maximum Gasteiger partial charge on any atom is 0.162 e. The van der Waals surface area contributed by atoms with E-state index in [-0.39, 0.29) is 24.7 Å². The molecule has 1 saturated heterocycles. The van der Waals surface area contributed by atoms with E-state index in [9.17, 15) is 5.11 Å². The Bertz CT molecular complexity index is 463. The van der Waals surface area contributed by atoms with Gasteiger partial charge < -0.3 is 30.0 Å². The monoisotopic (exact) mass is 297 g/mol. The van der Waals surface area contributed by atoms with Crippen LogP contribution < -0.4 is 5.73 Å². The third kappa shape index (κ3) is 2.96. The van der Waals surface area contributed by atoms with Crippen LogP contribution in [0.3, 0.4) is 0 Å². The Morgan fingerprint density at radius 1 is 1.52 bits per heavy atom. The van der Waals surface area contributed by atoms with Gasteiger partial charge in [0.1, 0.15) is 17.8 Å². The summed E-state index contributed by atoms with van der Waals surface area (Å²) < 4.78 is 16.7. The molecule has 0 amide bonds. The lowest BCUT2D eigenvalue weighted by Crippen LogP contribution is -2.42. The van der Waals surface area contributed by atoms with Gasteiger partial charge >= 0.3 is 0 Å². The first-order valence-corrected chi connectivity index (χ1v) is 6.81. The van der Waals surface area contributed by atoms with Crippen molar-refractivity contribution in [3.05, 3.63) is 24.2 Å². The Morgan fingerprint density at radius 3 is 2.81 bits per heavy atom. The zero-order valence-corrected chi connectivity index (χ0v) is 12.7. The highest BCUT2D eigenvalue weighted by atomic mass is 16.6. The molecule has 0 aromatic heterocycles. The minimum Gasteiger partial charge on any atom is -0.396 e. The van der Waals surface area contributed by atoms with E-state index in [0.29, 0.717) is 18.3 Å². The molecule has 2 aliphatic heterocycles. The number of nitrogens with two attached hydrogens (primary N) is 1. The summed E-state index contributed by atoms with van der Waals surface area (Å²) in [5.74, 6) is 0.750. The molecule has 0 spiro atoms. The van der Waals surface area contributed by atoms with Crippen molar-refractivity contribution in [2.45, 2.75) is 25.4 Å². The molecule has 0 aromatic carbocycles. The van der Waals surface area contributed by atoms with E-state index >= 15 is 0 Å². The summed E-state index contributed by atoms with van der Waals surface area (Å²) in [5.41, 5.74) is 6.62. The first-order chi connectivity index (χ1) is 10.0. The molecule has 1 fully saturated rings. The Kier molecular flexibility index (Phi) is 5.00. The van der Waals surface area contributed by atoms with Crippen molar-refractivity contribution in [3.8, 4) is 0 Å². The molecule has 0 bridgehead atoms. The standard InChI is InChI=1S/C14H23N3O4/c1-8-5-17(9(2)16-13(8)15)14-12(20-4)10(6-18)11(21-14)7-19-3/h5,10-12,14,18H,2,6-7H2,1,3-4H3,(H2,15,16)/t10?,11-,12?,14-/m1/s1. The van der Waals surface area contributed by atoms with Crippen molar-refractivity contribution in [2.75, 3.05) is 27.4 Å². The van der Waals surface area contributed by atoms with Crippen LogP contribution in [0.4, 0.5) is 0 Å². The van der Waals surface area contributed by atoms with Crippen LogP contribution in [-0.4, -0.2) is 61.7 Å². The Morgan fingerprint density at radius 2 is 2.24 bits per heavy atom. The summed E-state index contributed by atoms with van der Waals surface area (Å²) >= 11 is 0. The summed E-state index contributed by atoms with van der Waals surface area (Å²) in [4.78, 5) is 6.00. The molecule has 7 nitrogen and oxygen atoms in total. The van der Waals surface area contributed by atoms with E-state index in [1.54, 1.807) is 19.1 Å². The highest BCUT2D eigenvalue weighted by molar-refractivity contribution is 5.97. The third-order valence-electron chi connectivity index (χ3n) is 3.87. The summed E-state index contributed by atoms with van der Waals surface area (Å²) in [5, 5.41) is 9.62. The lowest BCUT2D eigenvalue weighted by atomic mass is 9.99. The number of aliphatic hydroxyl groups excluding tert-OH is 1. The SMILES string of the molecule is C=C1N=C(N)C(C)=CN1[C@@H]1O[C@H](COC)C(CO)C1OC. The van der Waals surface area contributed by atoms with Gasteiger partial charge in [0.25, 0.3) is 0 Å². The van der Waals surface area contributed by atoms with Crippen LogP contribution in [0.1, 0.15) is 6.92 Å². The van der Waals surface area contributed by atoms with Crippen LogP contribution >= 0.6 is 0 Å². The molecule has 2 aliphatic rings. The smallest absolute Gasteiger partial charge is 0.162 e. The van der Waals surface area contributed by atoms with Crippen LogP contribution in [0.25, 0.3) is 0 Å². The normalized spacial score (nSPS) is 33.1. The molecule has 2 heterocycles. The van der Waals surface area contributed by atoms with Gasteiger partial charge in [0, 0.05) is 31.9 Å². The molecule has 3 N–H and O–H groups in total. The second-order valence-corrected chi connectivity index (χ2v) is 5.20. The highest BCUT2D eigenvalue weighted by Gasteiger charge is 2.47. The summed E-state index contributed by atoms with van der Waals surface area (Å²) in [6.45, 7) is 6.11. The largest absolute Gasteiger partial charge is 0.396 e. The number of ether oxygens (including phenoxy) is 3. The molecule has 0 aromatic rings. The molecule has 21 heavy (non-hydrogen) atoms. The third-order valence-corrected chi connectivity index (χ3v) is 3.87. The summed E-state index contributed by atoms with van der Waals surface area (Å²) in [6, 6.07) is 0. The Hall–Kier alpha value is -1.41. The quantitative estimate of drug-likeness (QED) is 0.744. The van der Waals surface area contributed by atoms with E-state index in [1.807, 2.05) is 13.1 Å². The number of hydrogen-bond donors (Lipinski definition) is 2. The van der Waals surface area contributed by atoms with Gasteiger partial charge in [0.05, 0.1) is 19.3 Å². The fraction of sp³-hybridized carbons (Fsp3) is 0.643. The number of aliphatic imine (C=N–C) groups is 1. The first-order valence-electron chi connectivity index (χ1n) is 6.81. The van der Waals surface area contributed by atoms with Gasteiger partial charge in [0.2, 0.25) is 0 Å². The first kappa shape index (κ1) is 16.0. The van der Waals surface area contributed by atoms with E-state index in [1.165, 1.54) is 0 Å². The zero-order chi connectivity index (χ0) is 15.6. The topological polar surface area (TPSA) is 89.5 Å². The lowest BCUT2D eigenvalue weighted by molar-refractivity contribution is -0.0804. The van der Waals surface area contributed by atoms with Crippen molar-refractivity contribution in [2.24, 2.45) is 16.6 Å². The highest BCUT2D eigenvalue weighted by Crippen LogP contribution is 2.34. The zero-order valence-electron chi connectivity index (χ0n) is 12.7. The predicted molar refractivity (Wildman–Crippen MR) is 78.3 cm³/mol. The van der Waals surface area contributed by atoms with Gasteiger partial charge in [-0.25, -0.2) is 4.99 Å². The molecular formula is C14H23N3O4. The molecule has 118 valence electrons. The van der Waals surface area contributed by atoms with Crippen molar-refractivity contribution < 1.29 is 19.3 Å². The molecule has 7 heteroatoms. The van der Waals surface area contributed by atoms with Crippen molar-refractivity contribution >= 4 is 5.84 Å². The maximum absolute atomic E-state index is 9.62. The van der Waals surface area contributed by atoms with Gasteiger partial charge in [-0.15, -0.1) is 0 Å². The molecule has 4 atom stereocenters. The summed E-state index contributed by atoms with van der Waals surface area (Å²) in [7, 11) is 3.20.